The Labute approximate surface area is 69.3 Å². The molecule has 5 heteroatoms. The number of rotatable bonds is 2. The molecule has 0 fully saturated rings. The van der Waals surface area contributed by atoms with E-state index in [4.69, 9.17) is 4.74 Å². The van der Waals surface area contributed by atoms with Gasteiger partial charge in [-0.05, 0) is 0 Å². The van der Waals surface area contributed by atoms with Crippen molar-refractivity contribution in [1.82, 2.24) is 10.2 Å². The van der Waals surface area contributed by atoms with Crippen molar-refractivity contribution in [2.45, 2.75) is 0 Å². The molecule has 0 saturated heterocycles. The highest BCUT2D eigenvalue weighted by Gasteiger charge is 2.06. The third kappa shape index (κ3) is 1.69. The van der Waals surface area contributed by atoms with Crippen LogP contribution in [0.2, 0.25) is 0 Å². The lowest BCUT2D eigenvalue weighted by Gasteiger charge is -1.99. The van der Waals surface area contributed by atoms with Crippen LogP contribution in [-0.4, -0.2) is 30.4 Å². The van der Waals surface area contributed by atoms with Crippen LogP contribution in [0.4, 0.5) is 0 Å². The molecule has 5 nitrogen and oxygen atoms in total. The summed E-state index contributed by atoms with van der Waals surface area (Å²) in [6.45, 7) is 0. The molecule has 0 radical (unpaired) electrons. The number of carbonyl (C=O) groups is 1. The van der Waals surface area contributed by atoms with Gasteiger partial charge in [-0.1, -0.05) is 0 Å². The molecule has 1 aromatic rings. The van der Waals surface area contributed by atoms with Crippen LogP contribution < -0.4 is 4.74 Å². The molecule has 0 aromatic carbocycles. The normalized spacial score (nSPS) is 9.17. The van der Waals surface area contributed by atoms with Gasteiger partial charge in [-0.15, -0.1) is 5.10 Å². The predicted octanol–water partition coefficient (Wildman–Crippen LogP) is 0.272. The van der Waals surface area contributed by atoms with Crippen LogP contribution in [0.3, 0.4) is 0 Å². The Morgan fingerprint density at radius 3 is 2.83 bits per heavy atom. The van der Waals surface area contributed by atoms with Gasteiger partial charge in [0.2, 0.25) is 5.88 Å². The number of methoxy groups -OCH3 is 2. The van der Waals surface area contributed by atoms with Gasteiger partial charge in [0.25, 0.3) is 0 Å². The van der Waals surface area contributed by atoms with E-state index in [-0.39, 0.29) is 5.88 Å². The summed E-state index contributed by atoms with van der Waals surface area (Å²) in [5.74, 6) is -0.166. The third-order valence-corrected chi connectivity index (χ3v) is 1.26. The van der Waals surface area contributed by atoms with Gasteiger partial charge in [0.05, 0.1) is 26.0 Å². The second-order valence-electron chi connectivity index (χ2n) is 1.98. The third-order valence-electron chi connectivity index (χ3n) is 1.26. The highest BCUT2D eigenvalue weighted by Crippen LogP contribution is 2.06. The maximum atomic E-state index is 10.9. The number of ether oxygens (including phenoxy) is 2. The molecule has 12 heavy (non-hydrogen) atoms. The lowest BCUT2D eigenvalue weighted by molar-refractivity contribution is 0.0599. The first-order valence-electron chi connectivity index (χ1n) is 3.23. The van der Waals surface area contributed by atoms with Crippen molar-refractivity contribution in [3.63, 3.8) is 0 Å². The summed E-state index contributed by atoms with van der Waals surface area (Å²) >= 11 is 0. The van der Waals surface area contributed by atoms with E-state index in [2.05, 4.69) is 14.9 Å². The molecule has 0 atom stereocenters. The minimum Gasteiger partial charge on any atom is -0.480 e. The Morgan fingerprint density at radius 1 is 1.50 bits per heavy atom. The summed E-state index contributed by atoms with van der Waals surface area (Å²) in [5, 5.41) is 7.14. The number of hydrogen-bond acceptors (Lipinski definition) is 5. The Morgan fingerprint density at radius 2 is 2.25 bits per heavy atom. The first-order chi connectivity index (χ1) is 5.77. The molecule has 1 heterocycles. The van der Waals surface area contributed by atoms with Crippen LogP contribution in [0.5, 0.6) is 5.88 Å². The fourth-order valence-electron chi connectivity index (χ4n) is 0.676. The zero-order valence-electron chi connectivity index (χ0n) is 6.77. The van der Waals surface area contributed by atoms with Crippen molar-refractivity contribution >= 4 is 5.97 Å². The van der Waals surface area contributed by atoms with Crippen molar-refractivity contribution in [2.24, 2.45) is 0 Å². The number of nitrogens with zero attached hydrogens (tertiary/aromatic N) is 2. The lowest BCUT2D eigenvalue weighted by Crippen LogP contribution is -2.03. The summed E-state index contributed by atoms with van der Waals surface area (Å²) in [5.41, 5.74) is 0.323. The molecule has 0 aliphatic carbocycles. The average Bonchev–Trinajstić information content (AvgIpc) is 2.17. The van der Waals surface area contributed by atoms with Gasteiger partial charge >= 0.3 is 5.97 Å². The van der Waals surface area contributed by atoms with Gasteiger partial charge in [-0.2, -0.15) is 5.10 Å². The van der Waals surface area contributed by atoms with E-state index in [9.17, 15) is 4.79 Å². The molecule has 0 aliphatic rings. The fraction of sp³-hybridized carbons (Fsp3) is 0.286. The maximum absolute atomic E-state index is 10.9. The molecule has 0 N–H and O–H groups in total. The van der Waals surface area contributed by atoms with Gasteiger partial charge in [0.15, 0.2) is 0 Å². The van der Waals surface area contributed by atoms with E-state index in [1.54, 1.807) is 0 Å². The van der Waals surface area contributed by atoms with Crippen LogP contribution in [0.1, 0.15) is 10.4 Å². The summed E-state index contributed by atoms with van der Waals surface area (Å²) in [6.07, 6.45) is 1.31. The van der Waals surface area contributed by atoms with E-state index in [0.717, 1.165) is 0 Å². The Balaban J connectivity index is 2.93. The maximum Gasteiger partial charge on any atom is 0.339 e. The molecule has 0 aliphatic heterocycles. The zero-order valence-corrected chi connectivity index (χ0v) is 6.77. The molecule has 0 unspecified atom stereocenters. The average molecular weight is 168 g/mol. The minimum atomic E-state index is -0.455. The first kappa shape index (κ1) is 8.45. The summed E-state index contributed by atoms with van der Waals surface area (Å²) in [4.78, 5) is 10.9. The van der Waals surface area contributed by atoms with Gasteiger partial charge < -0.3 is 9.47 Å². The van der Waals surface area contributed by atoms with Gasteiger partial charge in [0.1, 0.15) is 0 Å². The van der Waals surface area contributed by atoms with E-state index >= 15 is 0 Å². The SMILES string of the molecule is COC(=O)c1cnnc(OC)c1. The smallest absolute Gasteiger partial charge is 0.339 e. The van der Waals surface area contributed by atoms with Gasteiger partial charge in [-0.25, -0.2) is 4.79 Å². The number of esters is 1. The zero-order chi connectivity index (χ0) is 8.97. The first-order valence-corrected chi connectivity index (χ1v) is 3.23. The highest BCUT2D eigenvalue weighted by atomic mass is 16.5. The Hall–Kier alpha value is -1.65. The van der Waals surface area contributed by atoms with Crippen LogP contribution in [0.15, 0.2) is 12.3 Å². The molecule has 0 bridgehead atoms. The Bertz CT molecular complexity index is 288. The summed E-state index contributed by atoms with van der Waals surface area (Å²) in [6, 6.07) is 1.46. The van der Waals surface area contributed by atoms with Crippen LogP contribution in [0.25, 0.3) is 0 Å². The van der Waals surface area contributed by atoms with Crippen molar-refractivity contribution in [3.8, 4) is 5.88 Å². The highest BCUT2D eigenvalue weighted by molar-refractivity contribution is 5.89. The second-order valence-corrected chi connectivity index (χ2v) is 1.98. The number of aromatic nitrogens is 2. The summed E-state index contributed by atoms with van der Waals surface area (Å²) in [7, 11) is 2.75. The summed E-state index contributed by atoms with van der Waals surface area (Å²) < 4.78 is 9.24. The van der Waals surface area contributed by atoms with E-state index in [1.165, 1.54) is 26.5 Å². The fourth-order valence-corrected chi connectivity index (χ4v) is 0.676. The molecule has 0 amide bonds. The second kappa shape index (κ2) is 3.66. The molecule has 0 spiro atoms. The van der Waals surface area contributed by atoms with Crippen molar-refractivity contribution in [1.29, 1.82) is 0 Å². The van der Waals surface area contributed by atoms with Crippen LogP contribution in [-0.2, 0) is 4.74 Å². The number of hydrogen-bond donors (Lipinski definition) is 0. The van der Waals surface area contributed by atoms with E-state index in [1.807, 2.05) is 0 Å². The molecule has 0 saturated carbocycles. The molecular weight excluding hydrogens is 160 g/mol. The lowest BCUT2D eigenvalue weighted by atomic mass is 10.3. The molecule has 1 rings (SSSR count). The van der Waals surface area contributed by atoms with E-state index < -0.39 is 5.97 Å². The molecule has 64 valence electrons. The topological polar surface area (TPSA) is 61.3 Å². The van der Waals surface area contributed by atoms with Crippen molar-refractivity contribution in [3.05, 3.63) is 17.8 Å². The van der Waals surface area contributed by atoms with E-state index in [0.29, 0.717) is 5.56 Å². The van der Waals surface area contributed by atoms with Gasteiger partial charge in [0, 0.05) is 6.07 Å². The monoisotopic (exact) mass is 168 g/mol. The van der Waals surface area contributed by atoms with Crippen LogP contribution in [0, 0.1) is 0 Å². The predicted molar refractivity (Wildman–Crippen MR) is 39.9 cm³/mol. The largest absolute Gasteiger partial charge is 0.480 e. The molecule has 1 aromatic heterocycles. The minimum absolute atomic E-state index is 0.290. The molecular formula is C7H8N2O3. The van der Waals surface area contributed by atoms with Crippen molar-refractivity contribution in [2.75, 3.05) is 14.2 Å². The van der Waals surface area contributed by atoms with Crippen LogP contribution >= 0.6 is 0 Å². The van der Waals surface area contributed by atoms with Crippen molar-refractivity contribution < 1.29 is 14.3 Å². The Kier molecular flexibility index (Phi) is 2.57. The quantitative estimate of drug-likeness (QED) is 0.593. The number of carbonyl (C=O) groups excluding carboxylic acids is 1. The standard InChI is InChI=1S/C7H8N2O3/c1-11-6-3-5(4-8-9-6)7(10)12-2/h3-4H,1-2H3. The van der Waals surface area contributed by atoms with Gasteiger partial charge in [-0.3, -0.25) is 0 Å².